The first kappa shape index (κ1) is 13.5. The molecule has 1 aromatic heterocycles. The van der Waals surface area contributed by atoms with Gasteiger partial charge in [-0.3, -0.25) is 0 Å². The Morgan fingerprint density at radius 3 is 3.14 bits per heavy atom. The van der Waals surface area contributed by atoms with Crippen molar-refractivity contribution in [3.63, 3.8) is 0 Å². The maximum atomic E-state index is 6.19. The lowest BCUT2D eigenvalue weighted by atomic mass is 10.1. The Balaban J connectivity index is 1.56. The number of rotatable bonds is 4. The molecule has 2 aliphatic rings. The molecular formula is C15H15ClN2O2S. The fourth-order valence-electron chi connectivity index (χ4n) is 2.55. The number of imidazole rings is 1. The molecule has 4 nitrogen and oxygen atoms in total. The Hall–Kier alpha value is -1.17. The SMILES string of the molecule is Clc1cc2c(c(CSc3nccn3C3CC3)c1)OCOC2. The molecule has 1 aromatic carbocycles. The van der Waals surface area contributed by atoms with Crippen molar-refractivity contribution in [2.45, 2.75) is 36.4 Å². The Labute approximate surface area is 132 Å². The van der Waals surface area contributed by atoms with Crippen LogP contribution in [0.3, 0.4) is 0 Å². The number of thioether (sulfide) groups is 1. The second kappa shape index (κ2) is 5.55. The van der Waals surface area contributed by atoms with Crippen LogP contribution in [0.2, 0.25) is 5.02 Å². The normalized spacial score (nSPS) is 17.4. The molecule has 4 rings (SSSR count). The van der Waals surface area contributed by atoms with Crippen LogP contribution in [0.25, 0.3) is 0 Å². The van der Waals surface area contributed by atoms with E-state index in [0.717, 1.165) is 32.8 Å². The average molecular weight is 323 g/mol. The summed E-state index contributed by atoms with van der Waals surface area (Å²) in [6.07, 6.45) is 6.46. The molecule has 0 N–H and O–H groups in total. The van der Waals surface area contributed by atoms with Crippen molar-refractivity contribution >= 4 is 23.4 Å². The van der Waals surface area contributed by atoms with Crippen LogP contribution in [0.15, 0.2) is 29.7 Å². The molecule has 0 saturated heterocycles. The van der Waals surface area contributed by atoms with Crippen LogP contribution < -0.4 is 4.74 Å². The first-order chi connectivity index (χ1) is 10.3. The van der Waals surface area contributed by atoms with E-state index in [-0.39, 0.29) is 0 Å². The molecule has 1 fully saturated rings. The van der Waals surface area contributed by atoms with E-state index >= 15 is 0 Å². The summed E-state index contributed by atoms with van der Waals surface area (Å²) >= 11 is 7.92. The first-order valence-electron chi connectivity index (χ1n) is 6.99. The number of fused-ring (bicyclic) bond motifs is 1. The van der Waals surface area contributed by atoms with Gasteiger partial charge in [-0.2, -0.15) is 0 Å². The van der Waals surface area contributed by atoms with Gasteiger partial charge >= 0.3 is 0 Å². The molecular weight excluding hydrogens is 308 g/mol. The van der Waals surface area contributed by atoms with Crippen molar-refractivity contribution < 1.29 is 9.47 Å². The van der Waals surface area contributed by atoms with Gasteiger partial charge in [0.15, 0.2) is 11.9 Å². The van der Waals surface area contributed by atoms with Crippen LogP contribution in [0, 0.1) is 0 Å². The number of nitrogens with zero attached hydrogens (tertiary/aromatic N) is 2. The molecule has 0 unspecified atom stereocenters. The van der Waals surface area contributed by atoms with Crippen LogP contribution in [0.4, 0.5) is 0 Å². The highest BCUT2D eigenvalue weighted by atomic mass is 35.5. The smallest absolute Gasteiger partial charge is 0.189 e. The topological polar surface area (TPSA) is 36.3 Å². The molecule has 2 aromatic rings. The lowest BCUT2D eigenvalue weighted by Crippen LogP contribution is -2.13. The predicted molar refractivity (Wildman–Crippen MR) is 81.8 cm³/mol. The Morgan fingerprint density at radius 2 is 2.29 bits per heavy atom. The van der Waals surface area contributed by atoms with E-state index in [1.54, 1.807) is 11.8 Å². The molecule has 6 heteroatoms. The molecule has 1 aliphatic heterocycles. The van der Waals surface area contributed by atoms with Crippen molar-refractivity contribution in [1.82, 2.24) is 9.55 Å². The minimum Gasteiger partial charge on any atom is -0.467 e. The molecule has 0 atom stereocenters. The summed E-state index contributed by atoms with van der Waals surface area (Å²) in [5.41, 5.74) is 2.13. The maximum absolute atomic E-state index is 6.19. The quantitative estimate of drug-likeness (QED) is 0.796. The summed E-state index contributed by atoms with van der Waals surface area (Å²) in [7, 11) is 0. The van der Waals surface area contributed by atoms with E-state index < -0.39 is 0 Å². The number of hydrogen-bond donors (Lipinski definition) is 0. The second-order valence-electron chi connectivity index (χ2n) is 5.30. The highest BCUT2D eigenvalue weighted by molar-refractivity contribution is 7.98. The molecule has 2 heterocycles. The summed E-state index contributed by atoms with van der Waals surface area (Å²) < 4.78 is 13.2. The highest BCUT2D eigenvalue weighted by Crippen LogP contribution is 2.39. The van der Waals surface area contributed by atoms with E-state index in [4.69, 9.17) is 21.1 Å². The van der Waals surface area contributed by atoms with E-state index in [9.17, 15) is 0 Å². The molecule has 0 bridgehead atoms. The lowest BCUT2D eigenvalue weighted by Gasteiger charge is -2.21. The Bertz CT molecular complexity index is 670. The van der Waals surface area contributed by atoms with Gasteiger partial charge in [0.1, 0.15) is 5.75 Å². The number of benzene rings is 1. The molecule has 1 saturated carbocycles. The van der Waals surface area contributed by atoms with Crippen LogP contribution in [-0.4, -0.2) is 16.3 Å². The number of hydrogen-bond acceptors (Lipinski definition) is 4. The van der Waals surface area contributed by atoms with E-state index in [1.165, 1.54) is 12.8 Å². The number of aromatic nitrogens is 2. The summed E-state index contributed by atoms with van der Waals surface area (Å²) in [5.74, 6) is 1.72. The fourth-order valence-corrected chi connectivity index (χ4v) is 3.80. The second-order valence-corrected chi connectivity index (χ2v) is 6.68. The largest absolute Gasteiger partial charge is 0.467 e. The van der Waals surface area contributed by atoms with Crippen LogP contribution in [0.5, 0.6) is 5.75 Å². The minimum absolute atomic E-state index is 0.309. The van der Waals surface area contributed by atoms with E-state index in [1.807, 2.05) is 18.3 Å². The number of ether oxygens (including phenoxy) is 2. The van der Waals surface area contributed by atoms with Gasteiger partial charge in [0.05, 0.1) is 6.61 Å². The third kappa shape index (κ3) is 2.78. The third-order valence-corrected chi connectivity index (χ3v) is 4.93. The van der Waals surface area contributed by atoms with Gasteiger partial charge in [-0.1, -0.05) is 23.4 Å². The Kier molecular flexibility index (Phi) is 3.57. The van der Waals surface area contributed by atoms with Crippen LogP contribution in [0.1, 0.15) is 30.0 Å². The van der Waals surface area contributed by atoms with Gasteiger partial charge in [-0.05, 0) is 25.0 Å². The van der Waals surface area contributed by atoms with Gasteiger partial charge in [-0.25, -0.2) is 4.98 Å². The van der Waals surface area contributed by atoms with E-state index in [2.05, 4.69) is 15.7 Å². The zero-order valence-electron chi connectivity index (χ0n) is 11.4. The third-order valence-electron chi connectivity index (χ3n) is 3.68. The van der Waals surface area contributed by atoms with Crippen molar-refractivity contribution in [3.8, 4) is 5.75 Å². The highest BCUT2D eigenvalue weighted by Gasteiger charge is 2.26. The van der Waals surface area contributed by atoms with Crippen molar-refractivity contribution in [2.24, 2.45) is 0 Å². The van der Waals surface area contributed by atoms with Crippen molar-refractivity contribution in [3.05, 3.63) is 40.7 Å². The van der Waals surface area contributed by atoms with Crippen LogP contribution >= 0.6 is 23.4 Å². The molecule has 0 spiro atoms. The summed E-state index contributed by atoms with van der Waals surface area (Å²) in [6.45, 7) is 0.868. The average Bonchev–Trinajstić information content (AvgIpc) is 3.23. The zero-order chi connectivity index (χ0) is 14.2. The van der Waals surface area contributed by atoms with Gasteiger partial charge in [0.2, 0.25) is 0 Å². The van der Waals surface area contributed by atoms with Gasteiger partial charge < -0.3 is 14.0 Å². The summed E-state index contributed by atoms with van der Waals surface area (Å²) in [5, 5.41) is 1.79. The lowest BCUT2D eigenvalue weighted by molar-refractivity contribution is -0.0168. The first-order valence-corrected chi connectivity index (χ1v) is 8.35. The molecule has 21 heavy (non-hydrogen) atoms. The maximum Gasteiger partial charge on any atom is 0.189 e. The fraction of sp³-hybridized carbons (Fsp3) is 0.400. The van der Waals surface area contributed by atoms with Gasteiger partial charge in [0, 0.05) is 40.3 Å². The van der Waals surface area contributed by atoms with Crippen molar-refractivity contribution in [1.29, 1.82) is 0 Å². The van der Waals surface area contributed by atoms with Gasteiger partial charge in [0.25, 0.3) is 0 Å². The molecule has 0 amide bonds. The molecule has 0 radical (unpaired) electrons. The summed E-state index contributed by atoms with van der Waals surface area (Å²) in [4.78, 5) is 4.45. The standard InChI is InChI=1S/C15H15ClN2O2S/c16-12-5-10-7-19-9-20-14(10)11(6-12)8-21-15-17-3-4-18(15)13-1-2-13/h3-6,13H,1-2,7-9H2. The zero-order valence-corrected chi connectivity index (χ0v) is 13.0. The van der Waals surface area contributed by atoms with Crippen LogP contribution in [-0.2, 0) is 17.1 Å². The van der Waals surface area contributed by atoms with Gasteiger partial charge in [-0.15, -0.1) is 0 Å². The molecule has 1 aliphatic carbocycles. The predicted octanol–water partition coefficient (Wildman–Crippen LogP) is 4.03. The number of halogens is 1. The summed E-state index contributed by atoms with van der Waals surface area (Å²) in [6, 6.07) is 4.53. The monoisotopic (exact) mass is 322 g/mol. The Morgan fingerprint density at radius 1 is 1.38 bits per heavy atom. The molecule has 110 valence electrons. The minimum atomic E-state index is 0.309. The van der Waals surface area contributed by atoms with E-state index in [0.29, 0.717) is 19.4 Å². The van der Waals surface area contributed by atoms with Crippen molar-refractivity contribution in [2.75, 3.05) is 6.79 Å².